The Labute approximate surface area is 182 Å². The highest BCUT2D eigenvalue weighted by atomic mass is 28.3. The van der Waals surface area contributed by atoms with Crippen LogP contribution in [-0.2, 0) is 6.54 Å². The van der Waals surface area contributed by atoms with Gasteiger partial charge < -0.3 is 4.57 Å². The molecule has 2 nitrogen and oxygen atoms in total. The number of hydrogen-bond acceptors (Lipinski definition) is 1. The van der Waals surface area contributed by atoms with E-state index in [2.05, 4.69) is 107 Å². The maximum atomic E-state index is 5.06. The predicted molar refractivity (Wildman–Crippen MR) is 135 cm³/mol. The number of para-hydroxylation sites is 1. The van der Waals surface area contributed by atoms with Crippen LogP contribution in [-0.4, -0.2) is 17.6 Å². The normalized spacial score (nSPS) is 13.5. The monoisotopic (exact) mass is 414 g/mol. The number of fused-ring (bicyclic) bond motifs is 3. The van der Waals surface area contributed by atoms with Crippen LogP contribution >= 0.6 is 0 Å². The van der Waals surface area contributed by atoms with Crippen LogP contribution in [0.15, 0.2) is 54.7 Å². The van der Waals surface area contributed by atoms with Gasteiger partial charge in [0.15, 0.2) is 0 Å². The molecule has 2 heterocycles. The lowest BCUT2D eigenvalue weighted by Gasteiger charge is -2.24. The van der Waals surface area contributed by atoms with Gasteiger partial charge in [0.05, 0.1) is 13.8 Å². The SMILES string of the molecule is CCn1c2ccccc2c2cc(-c3ncc(C(C)C(C)C)cc3[Si](C)(C)C)ccc21. The quantitative estimate of drug-likeness (QED) is 0.316. The molecule has 1 atom stereocenters. The molecular formula is C27H34N2Si. The van der Waals surface area contributed by atoms with Crippen LogP contribution in [0.4, 0.5) is 0 Å². The Morgan fingerprint density at radius 2 is 1.60 bits per heavy atom. The average molecular weight is 415 g/mol. The summed E-state index contributed by atoms with van der Waals surface area (Å²) in [6.07, 6.45) is 2.11. The summed E-state index contributed by atoms with van der Waals surface area (Å²) < 4.78 is 2.41. The Kier molecular flexibility index (Phi) is 5.35. The Morgan fingerprint density at radius 3 is 2.27 bits per heavy atom. The van der Waals surface area contributed by atoms with Crippen molar-refractivity contribution < 1.29 is 0 Å². The molecule has 0 bridgehead atoms. The maximum Gasteiger partial charge on any atom is 0.0804 e. The molecule has 1 unspecified atom stereocenters. The lowest BCUT2D eigenvalue weighted by molar-refractivity contribution is 0.534. The summed E-state index contributed by atoms with van der Waals surface area (Å²) >= 11 is 0. The van der Waals surface area contributed by atoms with Gasteiger partial charge >= 0.3 is 0 Å². The fourth-order valence-electron chi connectivity index (χ4n) is 4.46. The molecule has 0 aliphatic carbocycles. The predicted octanol–water partition coefficient (Wildman–Crippen LogP) is 7.18. The number of benzene rings is 2. The van der Waals surface area contributed by atoms with Crippen molar-refractivity contribution in [2.75, 3.05) is 0 Å². The first-order valence-electron chi connectivity index (χ1n) is 11.2. The van der Waals surface area contributed by atoms with Crippen LogP contribution < -0.4 is 5.19 Å². The van der Waals surface area contributed by atoms with E-state index >= 15 is 0 Å². The third-order valence-electron chi connectivity index (χ3n) is 6.60. The van der Waals surface area contributed by atoms with Crippen LogP contribution in [0.1, 0.15) is 39.2 Å². The molecule has 2 aromatic carbocycles. The second kappa shape index (κ2) is 7.70. The van der Waals surface area contributed by atoms with Crippen molar-refractivity contribution in [3.8, 4) is 11.3 Å². The Hall–Kier alpha value is -2.39. The third kappa shape index (κ3) is 3.49. The molecule has 0 saturated carbocycles. The molecule has 0 spiro atoms. The number of hydrogen-bond donors (Lipinski definition) is 0. The molecule has 0 N–H and O–H groups in total. The number of pyridine rings is 1. The van der Waals surface area contributed by atoms with Crippen molar-refractivity contribution in [3.05, 3.63) is 60.3 Å². The topological polar surface area (TPSA) is 17.8 Å². The van der Waals surface area contributed by atoms with Crippen molar-refractivity contribution in [1.29, 1.82) is 0 Å². The van der Waals surface area contributed by atoms with E-state index < -0.39 is 8.07 Å². The zero-order chi connectivity index (χ0) is 21.6. The third-order valence-corrected chi connectivity index (χ3v) is 8.60. The van der Waals surface area contributed by atoms with E-state index in [0.717, 1.165) is 6.54 Å². The van der Waals surface area contributed by atoms with E-state index in [1.807, 2.05) is 0 Å². The summed E-state index contributed by atoms with van der Waals surface area (Å²) in [6.45, 7) is 17.4. The van der Waals surface area contributed by atoms with Crippen LogP contribution in [0, 0.1) is 5.92 Å². The average Bonchev–Trinajstić information content (AvgIpc) is 3.05. The van der Waals surface area contributed by atoms with E-state index in [-0.39, 0.29) is 0 Å². The standard InChI is InChI=1S/C27H34N2Si/c1-8-29-24-12-10-9-11-22(24)23-15-20(13-14-25(23)29)27-26(30(5,6)7)16-21(17-28-27)19(4)18(2)3/h9-19H,8H2,1-7H3. The smallest absolute Gasteiger partial charge is 0.0804 e. The van der Waals surface area contributed by atoms with Gasteiger partial charge in [-0.2, -0.15) is 0 Å². The second-order valence-electron chi connectivity index (χ2n) is 9.94. The Bertz CT molecular complexity index is 1210. The van der Waals surface area contributed by atoms with Gasteiger partial charge in [0.2, 0.25) is 0 Å². The van der Waals surface area contributed by atoms with Gasteiger partial charge in [-0.05, 0) is 47.7 Å². The van der Waals surface area contributed by atoms with E-state index in [1.165, 1.54) is 43.8 Å². The number of rotatable bonds is 5. The number of aromatic nitrogens is 2. The van der Waals surface area contributed by atoms with Crippen molar-refractivity contribution in [3.63, 3.8) is 0 Å². The molecule has 0 aliphatic heterocycles. The first-order valence-corrected chi connectivity index (χ1v) is 14.7. The first kappa shape index (κ1) is 20.9. The van der Waals surface area contributed by atoms with Crippen LogP contribution in [0.2, 0.25) is 19.6 Å². The van der Waals surface area contributed by atoms with Gasteiger partial charge in [-0.3, -0.25) is 4.98 Å². The van der Waals surface area contributed by atoms with Crippen molar-refractivity contribution in [2.45, 2.75) is 59.8 Å². The first-order chi connectivity index (χ1) is 14.2. The summed E-state index contributed by atoms with van der Waals surface area (Å²) in [6, 6.07) is 18.1. The van der Waals surface area contributed by atoms with Gasteiger partial charge in [0, 0.05) is 40.1 Å². The van der Waals surface area contributed by atoms with Crippen molar-refractivity contribution in [2.24, 2.45) is 5.92 Å². The highest BCUT2D eigenvalue weighted by molar-refractivity contribution is 6.89. The van der Waals surface area contributed by atoms with E-state index in [0.29, 0.717) is 11.8 Å². The molecule has 0 saturated heterocycles. The van der Waals surface area contributed by atoms with Crippen LogP contribution in [0.5, 0.6) is 0 Å². The van der Waals surface area contributed by atoms with Gasteiger partial charge in [-0.25, -0.2) is 0 Å². The summed E-state index contributed by atoms with van der Waals surface area (Å²) in [5.74, 6) is 1.13. The highest BCUT2D eigenvalue weighted by Crippen LogP contribution is 2.33. The summed E-state index contributed by atoms with van der Waals surface area (Å²) in [5, 5.41) is 4.12. The molecular weight excluding hydrogens is 380 g/mol. The number of nitrogens with zero attached hydrogens (tertiary/aromatic N) is 2. The summed E-state index contributed by atoms with van der Waals surface area (Å²) in [4.78, 5) is 5.06. The molecule has 4 aromatic rings. The maximum absolute atomic E-state index is 5.06. The molecule has 3 heteroatoms. The van der Waals surface area contributed by atoms with Gasteiger partial charge in [-0.15, -0.1) is 0 Å². The highest BCUT2D eigenvalue weighted by Gasteiger charge is 2.24. The molecule has 0 fully saturated rings. The van der Waals surface area contributed by atoms with E-state index in [4.69, 9.17) is 4.98 Å². The molecule has 0 aliphatic rings. The largest absolute Gasteiger partial charge is 0.341 e. The second-order valence-corrected chi connectivity index (χ2v) is 15.0. The molecule has 4 rings (SSSR count). The summed E-state index contributed by atoms with van der Waals surface area (Å²) in [7, 11) is -1.56. The lowest BCUT2D eigenvalue weighted by Crippen LogP contribution is -2.40. The van der Waals surface area contributed by atoms with Crippen LogP contribution in [0.3, 0.4) is 0 Å². The minimum atomic E-state index is -1.56. The molecule has 2 aromatic heterocycles. The van der Waals surface area contributed by atoms with Crippen LogP contribution in [0.25, 0.3) is 33.1 Å². The van der Waals surface area contributed by atoms with E-state index in [9.17, 15) is 0 Å². The zero-order valence-corrected chi connectivity index (χ0v) is 20.5. The minimum Gasteiger partial charge on any atom is -0.341 e. The molecule has 0 radical (unpaired) electrons. The fourth-order valence-corrected chi connectivity index (χ4v) is 5.98. The molecule has 156 valence electrons. The molecule has 30 heavy (non-hydrogen) atoms. The van der Waals surface area contributed by atoms with Gasteiger partial charge in [0.1, 0.15) is 0 Å². The number of aryl methyl sites for hydroxylation is 1. The van der Waals surface area contributed by atoms with Gasteiger partial charge in [0.25, 0.3) is 0 Å². The zero-order valence-electron chi connectivity index (χ0n) is 19.5. The summed E-state index contributed by atoms with van der Waals surface area (Å²) in [5.41, 5.74) is 6.40. The Morgan fingerprint density at radius 1 is 0.900 bits per heavy atom. The fraction of sp³-hybridized carbons (Fsp3) is 0.370. The van der Waals surface area contributed by atoms with Crippen molar-refractivity contribution in [1.82, 2.24) is 9.55 Å². The van der Waals surface area contributed by atoms with Gasteiger partial charge in [-0.1, -0.05) is 70.7 Å². The minimum absolute atomic E-state index is 0.520. The molecule has 0 amide bonds. The van der Waals surface area contributed by atoms with E-state index in [1.54, 1.807) is 0 Å². The lowest BCUT2D eigenvalue weighted by atomic mass is 9.91. The Balaban J connectivity index is 1.95. The van der Waals surface area contributed by atoms with Crippen molar-refractivity contribution >= 4 is 35.1 Å².